The fourth-order valence-electron chi connectivity index (χ4n) is 4.57. The number of nitrogens with two attached hydrogens (primary N) is 1. The number of aromatic nitrogens is 2. The third kappa shape index (κ3) is 4.27. The van der Waals surface area contributed by atoms with E-state index in [0.717, 1.165) is 37.2 Å². The number of nitrogens with zero attached hydrogens (tertiary/aromatic N) is 3. The summed E-state index contributed by atoms with van der Waals surface area (Å²) in [4.78, 5) is 23.2. The summed E-state index contributed by atoms with van der Waals surface area (Å²) in [6.07, 6.45) is 8.98. The Hall–Kier alpha value is -2.47. The fraction of sp³-hybridized carbons (Fsp3) is 0.476. The third-order valence-corrected chi connectivity index (χ3v) is 5.92. The molecule has 0 spiro atoms. The molecule has 2 bridgehead atoms. The summed E-state index contributed by atoms with van der Waals surface area (Å²) < 4.78 is 0. The number of likely N-dealkylation sites (tertiary alicyclic amines) is 1. The number of piperidine rings is 1. The summed E-state index contributed by atoms with van der Waals surface area (Å²) in [5, 5.41) is 3.32. The van der Waals surface area contributed by atoms with Gasteiger partial charge in [-0.1, -0.05) is 12.1 Å². The number of carbonyl (C=O) groups is 1. The Morgan fingerprint density at radius 2 is 1.96 bits per heavy atom. The fourth-order valence-corrected chi connectivity index (χ4v) is 4.57. The van der Waals surface area contributed by atoms with Gasteiger partial charge in [-0.15, -0.1) is 0 Å². The second-order valence-electron chi connectivity index (χ2n) is 7.79. The molecule has 1 saturated carbocycles. The lowest BCUT2D eigenvalue weighted by molar-refractivity contribution is -0.122. The number of anilines is 1. The molecular weight excluding hydrogens is 338 g/mol. The number of aryl methyl sites for hydroxylation is 1. The molecule has 3 heterocycles. The Balaban J connectivity index is 1.30. The van der Waals surface area contributed by atoms with Crippen molar-refractivity contribution in [2.75, 3.05) is 18.8 Å². The Bertz CT molecular complexity index is 767. The van der Waals surface area contributed by atoms with E-state index in [9.17, 15) is 4.79 Å². The molecule has 2 aliphatic rings. The van der Waals surface area contributed by atoms with Crippen molar-refractivity contribution in [2.24, 2.45) is 11.8 Å². The molecule has 142 valence electrons. The van der Waals surface area contributed by atoms with E-state index < -0.39 is 0 Å². The van der Waals surface area contributed by atoms with E-state index in [0.29, 0.717) is 30.1 Å². The number of nitrogen functional groups attached to an aromatic ring is 1. The predicted molar refractivity (Wildman–Crippen MR) is 105 cm³/mol. The first-order chi connectivity index (χ1) is 13.2. The number of amides is 1. The van der Waals surface area contributed by atoms with Gasteiger partial charge in [0, 0.05) is 56.3 Å². The molecule has 1 saturated heterocycles. The van der Waals surface area contributed by atoms with Crippen molar-refractivity contribution < 1.29 is 4.79 Å². The number of nitrogens with one attached hydrogen (secondary N) is 1. The number of carbonyl (C=O) groups excluding carboxylic acids is 1. The van der Waals surface area contributed by atoms with Gasteiger partial charge in [-0.3, -0.25) is 14.7 Å². The van der Waals surface area contributed by atoms with Crippen molar-refractivity contribution in [3.05, 3.63) is 54.0 Å². The van der Waals surface area contributed by atoms with E-state index in [2.05, 4.69) is 26.3 Å². The van der Waals surface area contributed by atoms with Gasteiger partial charge in [0.05, 0.1) is 0 Å². The smallest absolute Gasteiger partial charge is 0.220 e. The largest absolute Gasteiger partial charge is 0.383 e. The van der Waals surface area contributed by atoms with Crippen LogP contribution in [0.25, 0.3) is 0 Å². The van der Waals surface area contributed by atoms with Crippen LogP contribution in [-0.4, -0.2) is 39.9 Å². The number of rotatable bonds is 6. The number of hydrogen-bond donors (Lipinski definition) is 2. The Morgan fingerprint density at radius 3 is 2.67 bits per heavy atom. The zero-order chi connectivity index (χ0) is 18.6. The van der Waals surface area contributed by atoms with Crippen LogP contribution in [0.5, 0.6) is 0 Å². The monoisotopic (exact) mass is 365 g/mol. The van der Waals surface area contributed by atoms with E-state index in [1.165, 1.54) is 12.8 Å². The Labute approximate surface area is 160 Å². The van der Waals surface area contributed by atoms with Gasteiger partial charge in [-0.2, -0.15) is 0 Å². The maximum absolute atomic E-state index is 12.5. The van der Waals surface area contributed by atoms with Crippen molar-refractivity contribution in [1.29, 1.82) is 0 Å². The maximum Gasteiger partial charge on any atom is 0.220 e. The number of fused-ring (bicyclic) bond motifs is 2. The zero-order valence-corrected chi connectivity index (χ0v) is 15.6. The molecule has 27 heavy (non-hydrogen) atoms. The van der Waals surface area contributed by atoms with Crippen molar-refractivity contribution in [3.63, 3.8) is 0 Å². The second-order valence-corrected chi connectivity index (χ2v) is 7.79. The normalized spacial score (nSPS) is 24.7. The molecule has 2 fully saturated rings. The van der Waals surface area contributed by atoms with E-state index in [4.69, 9.17) is 5.73 Å². The highest BCUT2D eigenvalue weighted by molar-refractivity contribution is 5.76. The molecule has 1 aliphatic heterocycles. The molecule has 3 N–H and O–H groups in total. The topological polar surface area (TPSA) is 84.1 Å². The molecule has 1 unspecified atom stereocenters. The highest BCUT2D eigenvalue weighted by atomic mass is 16.1. The van der Waals surface area contributed by atoms with Crippen LogP contribution in [0.4, 0.5) is 5.82 Å². The lowest BCUT2D eigenvalue weighted by Crippen LogP contribution is -2.52. The lowest BCUT2D eigenvalue weighted by atomic mass is 9.91. The van der Waals surface area contributed by atoms with Gasteiger partial charge in [-0.25, -0.2) is 4.98 Å². The molecule has 3 atom stereocenters. The second kappa shape index (κ2) is 8.05. The molecule has 6 heteroatoms. The van der Waals surface area contributed by atoms with E-state index >= 15 is 0 Å². The molecule has 2 aromatic heterocycles. The van der Waals surface area contributed by atoms with Crippen LogP contribution >= 0.6 is 0 Å². The molecule has 4 rings (SSSR count). The SMILES string of the molecule is Nc1ncccc1CN1C[C@H]2CC[C@@H](C1)C2NC(=O)CCc1cccnc1. The van der Waals surface area contributed by atoms with Crippen LogP contribution < -0.4 is 11.1 Å². The Morgan fingerprint density at radius 1 is 1.19 bits per heavy atom. The highest BCUT2D eigenvalue weighted by Crippen LogP contribution is 2.37. The first-order valence-electron chi connectivity index (χ1n) is 9.79. The molecule has 1 amide bonds. The van der Waals surface area contributed by atoms with Crippen LogP contribution in [-0.2, 0) is 17.8 Å². The van der Waals surface area contributed by atoms with E-state index in [1.54, 1.807) is 12.4 Å². The Kier molecular flexibility index (Phi) is 5.34. The average Bonchev–Trinajstić information content (AvgIpc) is 2.91. The summed E-state index contributed by atoms with van der Waals surface area (Å²) in [7, 11) is 0. The number of pyridine rings is 2. The standard InChI is InChI=1S/C21H27N5O/c22-21-18(4-2-10-24-21)14-26-12-16-6-7-17(13-26)20(16)25-19(27)8-5-15-3-1-9-23-11-15/h1-4,9-11,16-17,20H,5-8,12-14H2,(H2,22,24)(H,25,27)/t16-,17+,20?. The summed E-state index contributed by atoms with van der Waals surface area (Å²) in [6.45, 7) is 2.87. The van der Waals surface area contributed by atoms with Crippen LogP contribution in [0.2, 0.25) is 0 Å². The lowest BCUT2D eigenvalue weighted by Gasteiger charge is -2.38. The minimum Gasteiger partial charge on any atom is -0.383 e. The van der Waals surface area contributed by atoms with Crippen LogP contribution in [0.15, 0.2) is 42.9 Å². The van der Waals surface area contributed by atoms with Gasteiger partial charge in [0.2, 0.25) is 5.91 Å². The highest BCUT2D eigenvalue weighted by Gasteiger charge is 2.42. The summed E-state index contributed by atoms with van der Waals surface area (Å²) in [5.41, 5.74) is 8.20. The van der Waals surface area contributed by atoms with Crippen LogP contribution in [0.3, 0.4) is 0 Å². The third-order valence-electron chi connectivity index (χ3n) is 5.92. The molecule has 0 radical (unpaired) electrons. The van der Waals surface area contributed by atoms with Crippen LogP contribution in [0, 0.1) is 11.8 Å². The molecule has 0 aromatic carbocycles. The average molecular weight is 365 g/mol. The molecule has 1 aliphatic carbocycles. The molecule has 2 aromatic rings. The summed E-state index contributed by atoms with van der Waals surface area (Å²) in [5.74, 6) is 1.84. The van der Waals surface area contributed by atoms with E-state index in [-0.39, 0.29) is 5.91 Å². The maximum atomic E-state index is 12.5. The molecular formula is C21H27N5O. The van der Waals surface area contributed by atoms with Crippen molar-refractivity contribution in [3.8, 4) is 0 Å². The minimum absolute atomic E-state index is 0.158. The van der Waals surface area contributed by atoms with Crippen molar-refractivity contribution in [1.82, 2.24) is 20.2 Å². The first-order valence-corrected chi connectivity index (χ1v) is 9.79. The molecule has 6 nitrogen and oxygen atoms in total. The summed E-state index contributed by atoms with van der Waals surface area (Å²) in [6, 6.07) is 8.24. The van der Waals surface area contributed by atoms with Gasteiger partial charge < -0.3 is 11.1 Å². The van der Waals surface area contributed by atoms with Crippen molar-refractivity contribution >= 4 is 11.7 Å². The first kappa shape index (κ1) is 17.9. The van der Waals surface area contributed by atoms with Gasteiger partial charge >= 0.3 is 0 Å². The van der Waals surface area contributed by atoms with Crippen molar-refractivity contribution in [2.45, 2.75) is 38.3 Å². The minimum atomic E-state index is 0.158. The van der Waals surface area contributed by atoms with Gasteiger partial charge in [0.25, 0.3) is 0 Å². The number of hydrogen-bond acceptors (Lipinski definition) is 5. The van der Waals surface area contributed by atoms with Crippen LogP contribution in [0.1, 0.15) is 30.4 Å². The summed E-state index contributed by atoms with van der Waals surface area (Å²) >= 11 is 0. The zero-order valence-electron chi connectivity index (χ0n) is 15.6. The quantitative estimate of drug-likeness (QED) is 0.818. The van der Waals surface area contributed by atoms with Gasteiger partial charge in [0.1, 0.15) is 5.82 Å². The van der Waals surface area contributed by atoms with Gasteiger partial charge in [-0.05, 0) is 48.8 Å². The predicted octanol–water partition coefficient (Wildman–Crippen LogP) is 2.02. The van der Waals surface area contributed by atoms with E-state index in [1.807, 2.05) is 24.4 Å². The van der Waals surface area contributed by atoms with Gasteiger partial charge in [0.15, 0.2) is 0 Å².